The molecule has 0 radical (unpaired) electrons. The summed E-state index contributed by atoms with van der Waals surface area (Å²) in [7, 11) is -3.74. The first-order chi connectivity index (χ1) is 14.0. The van der Waals surface area contributed by atoms with Gasteiger partial charge in [0.25, 0.3) is 0 Å². The first kappa shape index (κ1) is 19.8. The lowest BCUT2D eigenvalue weighted by molar-refractivity contribution is 0.254. The van der Waals surface area contributed by atoms with Crippen LogP contribution in [-0.4, -0.2) is 34.3 Å². The molecular weight excluding hydrogens is 394 g/mol. The second kappa shape index (κ2) is 8.12. The lowest BCUT2D eigenvalue weighted by atomic mass is 10.1. The third-order valence-electron chi connectivity index (χ3n) is 4.86. The zero-order chi connectivity index (χ0) is 20.4. The highest BCUT2D eigenvalue weighted by molar-refractivity contribution is 7.89. The molecule has 2 aliphatic rings. The first-order valence-corrected chi connectivity index (χ1v) is 11.3. The highest BCUT2D eigenvalue weighted by atomic mass is 32.2. The van der Waals surface area contributed by atoms with Crippen LogP contribution < -0.4 is 23.7 Å². The van der Waals surface area contributed by atoms with Crippen LogP contribution in [-0.2, 0) is 23.0 Å². The Balaban J connectivity index is 1.55. The molecule has 0 fully saturated rings. The number of hydrogen-bond donors (Lipinski definition) is 1. The maximum atomic E-state index is 12.9. The van der Waals surface area contributed by atoms with Crippen LogP contribution in [0.25, 0.3) is 0 Å². The van der Waals surface area contributed by atoms with Crippen molar-refractivity contribution in [2.24, 2.45) is 0 Å². The number of fused-ring (bicyclic) bond motifs is 2. The smallest absolute Gasteiger partial charge is 0.241 e. The monoisotopic (exact) mass is 419 g/mol. The van der Waals surface area contributed by atoms with E-state index >= 15 is 0 Å². The van der Waals surface area contributed by atoms with E-state index in [2.05, 4.69) is 4.72 Å². The molecule has 0 spiro atoms. The minimum Gasteiger partial charge on any atom is -0.494 e. The van der Waals surface area contributed by atoms with Crippen molar-refractivity contribution >= 4 is 10.0 Å². The van der Waals surface area contributed by atoms with Crippen LogP contribution in [0.1, 0.15) is 31.4 Å². The number of benzene rings is 2. The average Bonchev–Trinajstić information content (AvgIpc) is 2.89. The Labute approximate surface area is 171 Å². The molecule has 0 aromatic heterocycles. The Morgan fingerprint density at radius 3 is 2.69 bits per heavy atom. The van der Waals surface area contributed by atoms with Crippen LogP contribution in [0.2, 0.25) is 0 Å². The van der Waals surface area contributed by atoms with Crippen LogP contribution in [0, 0.1) is 0 Å². The van der Waals surface area contributed by atoms with Crippen LogP contribution in [0.15, 0.2) is 35.2 Å². The molecule has 156 valence electrons. The van der Waals surface area contributed by atoms with Gasteiger partial charge in [0.15, 0.2) is 11.5 Å². The summed E-state index contributed by atoms with van der Waals surface area (Å²) in [5.74, 6) is 2.46. The minimum atomic E-state index is -3.74. The summed E-state index contributed by atoms with van der Waals surface area (Å²) in [4.78, 5) is 0.130. The molecule has 0 bridgehead atoms. The first-order valence-electron chi connectivity index (χ1n) is 9.81. The third kappa shape index (κ3) is 4.28. The molecule has 2 aromatic rings. The SMILES string of the molecule is CCOc1cc2c(cc1CNS(=O)(=O)c1ccc3c(c1)OCCCO3)O[C@@H](C)C2. The fourth-order valence-corrected chi connectivity index (χ4v) is 4.50. The molecule has 0 saturated heterocycles. The van der Waals surface area contributed by atoms with Gasteiger partial charge in [-0.3, -0.25) is 0 Å². The lowest BCUT2D eigenvalue weighted by Gasteiger charge is -2.14. The van der Waals surface area contributed by atoms with Gasteiger partial charge in [-0.15, -0.1) is 0 Å². The molecule has 0 aliphatic carbocycles. The summed E-state index contributed by atoms with van der Waals surface area (Å²) >= 11 is 0. The zero-order valence-corrected chi connectivity index (χ0v) is 17.4. The molecule has 0 unspecified atom stereocenters. The molecule has 2 heterocycles. The van der Waals surface area contributed by atoms with E-state index in [-0.39, 0.29) is 17.5 Å². The quantitative estimate of drug-likeness (QED) is 0.775. The average molecular weight is 419 g/mol. The van der Waals surface area contributed by atoms with Crippen molar-refractivity contribution in [3.63, 3.8) is 0 Å². The van der Waals surface area contributed by atoms with Crippen LogP contribution >= 0.6 is 0 Å². The third-order valence-corrected chi connectivity index (χ3v) is 6.26. The van der Waals surface area contributed by atoms with Crippen molar-refractivity contribution in [2.75, 3.05) is 19.8 Å². The number of rotatable bonds is 6. The molecule has 2 aromatic carbocycles. The van der Waals surface area contributed by atoms with Crippen molar-refractivity contribution in [2.45, 2.75) is 44.2 Å². The molecule has 29 heavy (non-hydrogen) atoms. The highest BCUT2D eigenvalue weighted by Gasteiger charge is 2.23. The van der Waals surface area contributed by atoms with E-state index in [1.165, 1.54) is 12.1 Å². The van der Waals surface area contributed by atoms with Gasteiger partial charge < -0.3 is 18.9 Å². The summed E-state index contributed by atoms with van der Waals surface area (Å²) in [5.41, 5.74) is 1.81. The second-order valence-electron chi connectivity index (χ2n) is 7.12. The van der Waals surface area contributed by atoms with Gasteiger partial charge in [-0.2, -0.15) is 0 Å². The lowest BCUT2D eigenvalue weighted by Crippen LogP contribution is -2.23. The van der Waals surface area contributed by atoms with Gasteiger partial charge in [-0.1, -0.05) is 0 Å². The molecule has 1 N–H and O–H groups in total. The van der Waals surface area contributed by atoms with Crippen LogP contribution in [0.5, 0.6) is 23.0 Å². The summed E-state index contributed by atoms with van der Waals surface area (Å²) in [6.07, 6.45) is 1.68. The molecule has 4 rings (SSSR count). The molecule has 2 aliphatic heterocycles. The maximum Gasteiger partial charge on any atom is 0.241 e. The number of nitrogens with one attached hydrogen (secondary N) is 1. The Morgan fingerprint density at radius 1 is 1.10 bits per heavy atom. The Kier molecular flexibility index (Phi) is 5.56. The molecular formula is C21H25NO6S. The second-order valence-corrected chi connectivity index (χ2v) is 8.88. The van der Waals surface area contributed by atoms with Gasteiger partial charge in [0, 0.05) is 36.6 Å². The summed E-state index contributed by atoms with van der Waals surface area (Å²) in [6, 6.07) is 8.46. The summed E-state index contributed by atoms with van der Waals surface area (Å²) < 4.78 is 51.1. The fourth-order valence-electron chi connectivity index (χ4n) is 3.48. The predicted molar refractivity (Wildman–Crippen MR) is 107 cm³/mol. The standard InChI is InChI=1S/C21H25NO6S/c1-3-25-19-10-15-9-14(2)28-20(15)11-16(19)13-22-29(23,24)17-5-6-18-21(12-17)27-8-4-7-26-18/h5-6,10-12,14,22H,3-4,7-9,13H2,1-2H3/t14-/m0/s1. The maximum absolute atomic E-state index is 12.9. The van der Waals surface area contributed by atoms with Crippen molar-refractivity contribution in [3.8, 4) is 23.0 Å². The van der Waals surface area contributed by atoms with Gasteiger partial charge in [0.05, 0.1) is 24.7 Å². The molecule has 0 saturated carbocycles. The predicted octanol–water partition coefficient (Wildman–Crippen LogP) is 3.05. The van der Waals surface area contributed by atoms with Crippen molar-refractivity contribution in [1.82, 2.24) is 4.72 Å². The van der Waals surface area contributed by atoms with Gasteiger partial charge in [0.1, 0.15) is 17.6 Å². The Hall–Kier alpha value is -2.45. The normalized spacial score (nSPS) is 17.9. The van der Waals surface area contributed by atoms with Gasteiger partial charge in [-0.25, -0.2) is 13.1 Å². The summed E-state index contributed by atoms with van der Waals surface area (Å²) in [6.45, 7) is 5.55. The van der Waals surface area contributed by atoms with E-state index in [1.54, 1.807) is 6.07 Å². The largest absolute Gasteiger partial charge is 0.494 e. The molecule has 8 heteroatoms. The Bertz CT molecular complexity index is 1000. The fraction of sp³-hybridized carbons (Fsp3) is 0.429. The molecule has 7 nitrogen and oxygen atoms in total. The molecule has 0 amide bonds. The van der Waals surface area contributed by atoms with E-state index in [1.807, 2.05) is 26.0 Å². The molecule has 1 atom stereocenters. The summed E-state index contributed by atoms with van der Waals surface area (Å²) in [5, 5.41) is 0. The van der Waals surface area contributed by atoms with Crippen molar-refractivity contribution in [1.29, 1.82) is 0 Å². The van der Waals surface area contributed by atoms with E-state index in [0.717, 1.165) is 29.7 Å². The van der Waals surface area contributed by atoms with Crippen molar-refractivity contribution in [3.05, 3.63) is 41.5 Å². The van der Waals surface area contributed by atoms with Gasteiger partial charge >= 0.3 is 0 Å². The number of sulfonamides is 1. The van der Waals surface area contributed by atoms with E-state index < -0.39 is 10.0 Å². The zero-order valence-electron chi connectivity index (χ0n) is 16.6. The highest BCUT2D eigenvalue weighted by Crippen LogP contribution is 2.36. The Morgan fingerprint density at radius 2 is 1.90 bits per heavy atom. The minimum absolute atomic E-state index is 0.0944. The van der Waals surface area contributed by atoms with Crippen LogP contribution in [0.4, 0.5) is 0 Å². The van der Waals surface area contributed by atoms with Gasteiger partial charge in [-0.05, 0) is 38.1 Å². The van der Waals surface area contributed by atoms with E-state index in [4.69, 9.17) is 18.9 Å². The van der Waals surface area contributed by atoms with Gasteiger partial charge in [0.2, 0.25) is 10.0 Å². The number of ether oxygens (including phenoxy) is 4. The van der Waals surface area contributed by atoms with E-state index in [0.29, 0.717) is 37.1 Å². The number of hydrogen-bond acceptors (Lipinski definition) is 6. The van der Waals surface area contributed by atoms with Crippen molar-refractivity contribution < 1.29 is 27.4 Å². The van der Waals surface area contributed by atoms with E-state index in [9.17, 15) is 8.42 Å². The topological polar surface area (TPSA) is 83.1 Å². The van der Waals surface area contributed by atoms with Crippen LogP contribution in [0.3, 0.4) is 0 Å².